The lowest BCUT2D eigenvalue weighted by molar-refractivity contribution is -0.145. The fraction of sp³-hybridized carbons (Fsp3) is 0.467. The molecule has 0 atom stereocenters. The Morgan fingerprint density at radius 3 is 2.37 bits per heavy atom. The summed E-state index contributed by atoms with van der Waals surface area (Å²) in [6.45, 7) is 6.32. The Morgan fingerprint density at radius 1 is 1.21 bits per heavy atom. The minimum Gasteiger partial charge on any atom is -0.466 e. The van der Waals surface area contributed by atoms with Crippen LogP contribution in [0.2, 0.25) is 0 Å². The maximum atomic E-state index is 11.5. The summed E-state index contributed by atoms with van der Waals surface area (Å²) in [4.78, 5) is 22.7. The van der Waals surface area contributed by atoms with Gasteiger partial charge in [-0.3, -0.25) is 9.59 Å². The number of carbonyl (C=O) groups excluding carboxylic acids is 2. The molecule has 0 radical (unpaired) electrons. The van der Waals surface area contributed by atoms with Crippen molar-refractivity contribution in [2.75, 3.05) is 11.9 Å². The molecule has 104 valence electrons. The standard InChI is InChI=1S/C15H21NO3/c1-4-19-15(18)10-14(17)16-13-7-5-12(6-8-13)9-11(2)3/h5-8,11H,4,9-10H2,1-3H3,(H,16,17). The van der Waals surface area contributed by atoms with Gasteiger partial charge in [-0.05, 0) is 37.0 Å². The van der Waals surface area contributed by atoms with E-state index in [0.29, 0.717) is 11.6 Å². The van der Waals surface area contributed by atoms with Crippen molar-refractivity contribution in [1.29, 1.82) is 0 Å². The molecule has 4 heteroatoms. The molecular formula is C15H21NO3. The van der Waals surface area contributed by atoms with Crippen LogP contribution in [0.5, 0.6) is 0 Å². The van der Waals surface area contributed by atoms with Gasteiger partial charge in [0.25, 0.3) is 0 Å². The van der Waals surface area contributed by atoms with Gasteiger partial charge in [0.05, 0.1) is 6.61 Å². The first kappa shape index (κ1) is 15.2. The van der Waals surface area contributed by atoms with Gasteiger partial charge in [0.15, 0.2) is 0 Å². The van der Waals surface area contributed by atoms with Gasteiger partial charge in [-0.15, -0.1) is 0 Å². The van der Waals surface area contributed by atoms with E-state index in [2.05, 4.69) is 19.2 Å². The molecule has 0 saturated heterocycles. The topological polar surface area (TPSA) is 55.4 Å². The highest BCUT2D eigenvalue weighted by atomic mass is 16.5. The van der Waals surface area contributed by atoms with Gasteiger partial charge >= 0.3 is 5.97 Å². The van der Waals surface area contributed by atoms with E-state index in [1.165, 1.54) is 5.56 Å². The lowest BCUT2D eigenvalue weighted by Gasteiger charge is -2.08. The van der Waals surface area contributed by atoms with Gasteiger partial charge in [0.1, 0.15) is 6.42 Å². The fourth-order valence-corrected chi connectivity index (χ4v) is 1.74. The van der Waals surface area contributed by atoms with Crippen molar-refractivity contribution >= 4 is 17.6 Å². The zero-order chi connectivity index (χ0) is 14.3. The number of nitrogens with one attached hydrogen (secondary N) is 1. The van der Waals surface area contributed by atoms with Crippen LogP contribution < -0.4 is 5.32 Å². The Kier molecular flexibility index (Phi) is 6.06. The van der Waals surface area contributed by atoms with Gasteiger partial charge in [0.2, 0.25) is 5.91 Å². The monoisotopic (exact) mass is 263 g/mol. The van der Waals surface area contributed by atoms with E-state index in [9.17, 15) is 9.59 Å². The van der Waals surface area contributed by atoms with Gasteiger partial charge < -0.3 is 10.1 Å². The highest BCUT2D eigenvalue weighted by Crippen LogP contribution is 2.13. The van der Waals surface area contributed by atoms with Crippen molar-refractivity contribution in [3.63, 3.8) is 0 Å². The molecule has 0 aliphatic carbocycles. The van der Waals surface area contributed by atoms with Crippen molar-refractivity contribution in [3.8, 4) is 0 Å². The Hall–Kier alpha value is -1.84. The third kappa shape index (κ3) is 6.04. The van der Waals surface area contributed by atoms with Crippen LogP contribution in [-0.2, 0) is 20.7 Å². The van der Waals surface area contributed by atoms with Crippen LogP contribution in [0.1, 0.15) is 32.8 Å². The number of benzene rings is 1. The summed E-state index contributed by atoms with van der Waals surface area (Å²) < 4.78 is 4.71. The second kappa shape index (κ2) is 7.56. The summed E-state index contributed by atoms with van der Waals surface area (Å²) in [5.74, 6) is -0.254. The van der Waals surface area contributed by atoms with Crippen LogP contribution in [0.15, 0.2) is 24.3 Å². The Labute approximate surface area is 114 Å². The first-order chi connectivity index (χ1) is 9.01. The summed E-state index contributed by atoms with van der Waals surface area (Å²) in [5, 5.41) is 2.67. The molecule has 4 nitrogen and oxygen atoms in total. The zero-order valence-electron chi connectivity index (χ0n) is 11.7. The molecule has 0 aliphatic rings. The number of hydrogen-bond donors (Lipinski definition) is 1. The van der Waals surface area contributed by atoms with E-state index in [-0.39, 0.29) is 18.9 Å². The molecule has 1 N–H and O–H groups in total. The SMILES string of the molecule is CCOC(=O)CC(=O)Nc1ccc(CC(C)C)cc1. The summed E-state index contributed by atoms with van der Waals surface area (Å²) in [5.41, 5.74) is 1.93. The maximum Gasteiger partial charge on any atom is 0.315 e. The third-order valence-corrected chi connectivity index (χ3v) is 2.49. The lowest BCUT2D eigenvalue weighted by atomic mass is 10.0. The van der Waals surface area contributed by atoms with Crippen LogP contribution in [0, 0.1) is 5.92 Å². The fourth-order valence-electron chi connectivity index (χ4n) is 1.74. The Bertz CT molecular complexity index is 424. The number of amides is 1. The summed E-state index contributed by atoms with van der Waals surface area (Å²) in [7, 11) is 0. The first-order valence-electron chi connectivity index (χ1n) is 6.55. The summed E-state index contributed by atoms with van der Waals surface area (Å²) in [6.07, 6.45) is 0.763. The van der Waals surface area contributed by atoms with Crippen molar-refractivity contribution in [1.82, 2.24) is 0 Å². The van der Waals surface area contributed by atoms with E-state index in [0.717, 1.165) is 6.42 Å². The van der Waals surface area contributed by atoms with E-state index < -0.39 is 5.97 Å². The predicted molar refractivity (Wildman–Crippen MR) is 74.9 cm³/mol. The largest absolute Gasteiger partial charge is 0.466 e. The van der Waals surface area contributed by atoms with Crippen LogP contribution >= 0.6 is 0 Å². The van der Waals surface area contributed by atoms with Gasteiger partial charge in [-0.1, -0.05) is 26.0 Å². The molecule has 0 spiro atoms. The molecule has 0 fully saturated rings. The molecule has 19 heavy (non-hydrogen) atoms. The van der Waals surface area contributed by atoms with E-state index >= 15 is 0 Å². The number of ether oxygens (including phenoxy) is 1. The molecule has 0 bridgehead atoms. The smallest absolute Gasteiger partial charge is 0.315 e. The third-order valence-electron chi connectivity index (χ3n) is 2.49. The van der Waals surface area contributed by atoms with Gasteiger partial charge in [-0.2, -0.15) is 0 Å². The maximum absolute atomic E-state index is 11.5. The van der Waals surface area contributed by atoms with Crippen molar-refractivity contribution in [2.45, 2.75) is 33.6 Å². The number of esters is 1. The molecule has 1 aromatic rings. The number of hydrogen-bond acceptors (Lipinski definition) is 3. The molecule has 1 aromatic carbocycles. The van der Waals surface area contributed by atoms with Crippen LogP contribution in [0.25, 0.3) is 0 Å². The van der Waals surface area contributed by atoms with Crippen LogP contribution in [-0.4, -0.2) is 18.5 Å². The Balaban J connectivity index is 2.48. The van der Waals surface area contributed by atoms with Crippen LogP contribution in [0.4, 0.5) is 5.69 Å². The number of carbonyl (C=O) groups is 2. The molecular weight excluding hydrogens is 242 g/mol. The quantitative estimate of drug-likeness (QED) is 0.634. The van der Waals surface area contributed by atoms with Gasteiger partial charge in [-0.25, -0.2) is 0 Å². The summed E-state index contributed by atoms with van der Waals surface area (Å²) >= 11 is 0. The second-order valence-corrected chi connectivity index (χ2v) is 4.82. The predicted octanol–water partition coefficient (Wildman–Crippen LogP) is 2.78. The van der Waals surface area contributed by atoms with E-state index in [1.807, 2.05) is 24.3 Å². The Morgan fingerprint density at radius 2 is 1.84 bits per heavy atom. The average Bonchev–Trinajstić information content (AvgIpc) is 2.31. The number of anilines is 1. The lowest BCUT2D eigenvalue weighted by Crippen LogP contribution is -2.18. The highest BCUT2D eigenvalue weighted by Gasteiger charge is 2.10. The van der Waals surface area contributed by atoms with Gasteiger partial charge in [0, 0.05) is 5.69 Å². The van der Waals surface area contributed by atoms with Crippen molar-refractivity contribution < 1.29 is 14.3 Å². The number of rotatable bonds is 6. The molecule has 0 aliphatic heterocycles. The average molecular weight is 263 g/mol. The minimum absolute atomic E-state index is 0.248. The molecule has 0 aromatic heterocycles. The van der Waals surface area contributed by atoms with Crippen LogP contribution in [0.3, 0.4) is 0 Å². The van der Waals surface area contributed by atoms with Crippen molar-refractivity contribution in [2.24, 2.45) is 5.92 Å². The molecule has 1 amide bonds. The molecule has 1 rings (SSSR count). The molecule has 0 unspecified atom stereocenters. The minimum atomic E-state index is -0.503. The summed E-state index contributed by atoms with van der Waals surface area (Å²) in [6, 6.07) is 7.67. The molecule has 0 saturated carbocycles. The van der Waals surface area contributed by atoms with E-state index in [4.69, 9.17) is 4.74 Å². The first-order valence-corrected chi connectivity index (χ1v) is 6.55. The second-order valence-electron chi connectivity index (χ2n) is 4.82. The highest BCUT2D eigenvalue weighted by molar-refractivity contribution is 6.01. The van der Waals surface area contributed by atoms with Crippen molar-refractivity contribution in [3.05, 3.63) is 29.8 Å². The normalized spacial score (nSPS) is 10.3. The van der Waals surface area contributed by atoms with E-state index in [1.54, 1.807) is 6.92 Å². The zero-order valence-corrected chi connectivity index (χ0v) is 11.7. The molecule has 0 heterocycles.